The molecule has 0 spiro atoms. The van der Waals surface area contributed by atoms with E-state index < -0.39 is 18.4 Å². The van der Waals surface area contributed by atoms with Crippen molar-refractivity contribution in [2.24, 2.45) is 0 Å². The van der Waals surface area contributed by atoms with Crippen LogP contribution in [0, 0.1) is 20.8 Å². The maximum atomic E-state index is 13.6. The predicted molar refractivity (Wildman–Crippen MR) is 117 cm³/mol. The van der Waals surface area contributed by atoms with E-state index in [0.717, 1.165) is 23.2 Å². The van der Waals surface area contributed by atoms with Crippen molar-refractivity contribution in [2.75, 3.05) is 14.2 Å². The van der Waals surface area contributed by atoms with Gasteiger partial charge in [-0.05, 0) is 0 Å². The van der Waals surface area contributed by atoms with Crippen molar-refractivity contribution < 1.29 is 23.2 Å². The average Bonchev–Trinajstić information content (AvgIpc) is 2.68. The van der Waals surface area contributed by atoms with Crippen LogP contribution < -0.4 is 23.8 Å². The predicted octanol–water partition coefficient (Wildman–Crippen LogP) is 2.87. The summed E-state index contributed by atoms with van der Waals surface area (Å²) >= 11 is -2.29. The zero-order valence-corrected chi connectivity index (χ0v) is 20.0. The molecule has 1 unspecified atom stereocenters. The van der Waals surface area contributed by atoms with E-state index in [1.54, 1.807) is 0 Å². The van der Waals surface area contributed by atoms with E-state index in [1.807, 2.05) is 0 Å². The first kappa shape index (κ1) is 21.4. The van der Waals surface area contributed by atoms with Crippen molar-refractivity contribution in [2.45, 2.75) is 61.7 Å². The molecule has 1 aliphatic heterocycles. The molecule has 1 atom stereocenters. The van der Waals surface area contributed by atoms with E-state index in [0.29, 0.717) is 0 Å². The molecule has 0 saturated carbocycles. The fourth-order valence-corrected chi connectivity index (χ4v) is 17.6. The average molecular weight is 492 g/mol. The molecule has 0 bridgehead atoms. The topological polar surface area (TPSA) is 29.1 Å². The number of aryl methyl sites for hydroxylation is 3. The van der Waals surface area contributed by atoms with E-state index in [2.05, 4.69) is 75.5 Å². The van der Waals surface area contributed by atoms with Gasteiger partial charge in [0, 0.05) is 0 Å². The Morgan fingerprint density at radius 2 is 1.54 bits per heavy atom. The van der Waals surface area contributed by atoms with Crippen molar-refractivity contribution in [1.29, 1.82) is 0 Å². The second-order valence-electron chi connectivity index (χ2n) is 8.16. The van der Waals surface area contributed by atoms with E-state index in [9.17, 15) is 4.79 Å². The summed E-state index contributed by atoms with van der Waals surface area (Å²) < 4.78 is 4.09. The van der Waals surface area contributed by atoms with Gasteiger partial charge in [-0.1, -0.05) is 0 Å². The van der Waals surface area contributed by atoms with Crippen LogP contribution in [0.5, 0.6) is 0 Å². The minimum absolute atomic E-state index is 0.228. The number of anilines is 1. The van der Waals surface area contributed by atoms with E-state index in [4.69, 9.17) is 0 Å². The van der Waals surface area contributed by atoms with Crippen LogP contribution in [0.25, 0.3) is 0 Å². The Morgan fingerprint density at radius 1 is 0.929 bits per heavy atom. The Hall–Kier alpha value is -1.36. The van der Waals surface area contributed by atoms with Gasteiger partial charge in [0.2, 0.25) is 0 Å². The number of rotatable bonds is 6. The van der Waals surface area contributed by atoms with Gasteiger partial charge < -0.3 is 0 Å². The third-order valence-corrected chi connectivity index (χ3v) is 18.9. The van der Waals surface area contributed by atoms with E-state index in [-0.39, 0.29) is 9.83 Å². The second-order valence-corrected chi connectivity index (χ2v) is 18.5. The number of nitrogens with one attached hydrogen (secondary N) is 1. The molecule has 28 heavy (non-hydrogen) atoms. The van der Waals surface area contributed by atoms with E-state index >= 15 is 0 Å². The Bertz CT molecular complexity index is 803. The van der Waals surface area contributed by atoms with Crippen molar-refractivity contribution in [1.82, 2.24) is 0 Å². The summed E-state index contributed by atoms with van der Waals surface area (Å²) in [7, 11) is 0. The second kappa shape index (κ2) is 9.43. The molecule has 2 aromatic rings. The van der Waals surface area contributed by atoms with Gasteiger partial charge in [0.25, 0.3) is 0 Å². The van der Waals surface area contributed by atoms with Crippen LogP contribution in [0.3, 0.4) is 0 Å². The van der Waals surface area contributed by atoms with Crippen molar-refractivity contribution >= 4 is 11.6 Å². The van der Waals surface area contributed by atoms with Crippen LogP contribution in [0.4, 0.5) is 5.69 Å². The summed E-state index contributed by atoms with van der Waals surface area (Å²) in [6.45, 7) is 8.64. The van der Waals surface area contributed by atoms with Gasteiger partial charge in [0.1, 0.15) is 0 Å². The first-order valence-electron chi connectivity index (χ1n) is 10.6. The molecule has 3 rings (SSSR count). The number of halogens is 1. The molecule has 154 valence electrons. The molecule has 2 aromatic carbocycles. The van der Waals surface area contributed by atoms with Crippen LogP contribution in [-0.4, -0.2) is 18.7 Å². The Labute approximate surface area is 175 Å². The zero-order chi connectivity index (χ0) is 20.1. The monoisotopic (exact) mass is 492 g/mol. The van der Waals surface area contributed by atoms with Crippen LogP contribution in [0.2, 0.25) is 0 Å². The SMILES string of the molecule is CCC(C(=O)Nc1c(C)cccc1C)[I-]1(Cc2ccccc2C)CCCCC1. The first-order valence-corrected chi connectivity index (χ1v) is 16.4. The van der Waals surface area contributed by atoms with Gasteiger partial charge >= 0.3 is 175 Å². The summed E-state index contributed by atoms with van der Waals surface area (Å²) in [4.78, 5) is 13.6. The van der Waals surface area contributed by atoms with Gasteiger partial charge in [-0.3, -0.25) is 0 Å². The molecule has 0 aliphatic carbocycles. The number of carbonyl (C=O) groups excluding carboxylic acids is 1. The molecular weight excluding hydrogens is 457 g/mol. The van der Waals surface area contributed by atoms with Gasteiger partial charge in [-0.25, -0.2) is 0 Å². The fraction of sp³-hybridized carbons (Fsp3) is 0.480. The number of alkyl halides is 4. The molecule has 0 aromatic heterocycles. The first-order chi connectivity index (χ1) is 13.5. The molecule has 1 aliphatic rings. The summed E-state index contributed by atoms with van der Waals surface area (Å²) in [5, 5.41) is 3.36. The van der Waals surface area contributed by atoms with Crippen LogP contribution in [0.15, 0.2) is 42.5 Å². The Kier molecular flexibility index (Phi) is 7.19. The minimum atomic E-state index is -2.29. The molecule has 1 saturated heterocycles. The molecule has 3 heteroatoms. The van der Waals surface area contributed by atoms with Gasteiger partial charge in [-0.15, -0.1) is 0 Å². The fourth-order valence-electron chi connectivity index (χ4n) is 4.47. The van der Waals surface area contributed by atoms with E-state index in [1.165, 1.54) is 43.7 Å². The third-order valence-electron chi connectivity index (χ3n) is 6.12. The number of hydrogen-bond donors (Lipinski definition) is 1. The van der Waals surface area contributed by atoms with Crippen molar-refractivity contribution in [3.63, 3.8) is 0 Å². The number of hydrogen-bond acceptors (Lipinski definition) is 1. The quantitative estimate of drug-likeness (QED) is 0.488. The molecule has 1 heterocycles. The molecule has 0 radical (unpaired) electrons. The third kappa shape index (κ3) is 4.61. The number of benzene rings is 2. The van der Waals surface area contributed by atoms with Crippen molar-refractivity contribution in [3.8, 4) is 0 Å². The van der Waals surface area contributed by atoms with Gasteiger partial charge in [0.05, 0.1) is 0 Å². The Morgan fingerprint density at radius 3 is 2.14 bits per heavy atom. The molecule has 1 fully saturated rings. The molecule has 1 amide bonds. The number of para-hydroxylation sites is 1. The normalized spacial score (nSPS) is 18.3. The number of amides is 1. The number of carbonyl (C=O) groups is 1. The summed E-state index contributed by atoms with van der Waals surface area (Å²) in [6, 6.07) is 15.1. The summed E-state index contributed by atoms with van der Waals surface area (Å²) in [6.07, 6.45) is 4.94. The maximum absolute atomic E-state index is 13.6. The van der Waals surface area contributed by atoms with Crippen LogP contribution >= 0.6 is 0 Å². The van der Waals surface area contributed by atoms with Gasteiger partial charge in [0.15, 0.2) is 0 Å². The van der Waals surface area contributed by atoms with Crippen LogP contribution in [-0.2, 0) is 9.22 Å². The summed E-state index contributed by atoms with van der Waals surface area (Å²) in [5.74, 6) is 0.284. The van der Waals surface area contributed by atoms with Crippen LogP contribution in [0.1, 0.15) is 54.9 Å². The molecular formula is C25H35INO-. The zero-order valence-electron chi connectivity index (χ0n) is 17.9. The molecule has 2 nitrogen and oxygen atoms in total. The summed E-state index contributed by atoms with van der Waals surface area (Å²) in [5.41, 5.74) is 6.21. The van der Waals surface area contributed by atoms with Gasteiger partial charge in [-0.2, -0.15) is 0 Å². The Balaban J connectivity index is 1.91. The van der Waals surface area contributed by atoms with Crippen molar-refractivity contribution in [3.05, 3.63) is 64.7 Å². The standard InChI is InChI=1S/C25H35INO/c1-5-23(25(28)27-24-20(3)13-11-14-21(24)4)26(16-9-6-10-17-26)18-22-15-8-7-12-19(22)2/h7-8,11-15,23H,5-6,9-10,16-18H2,1-4H3,(H,27,28)/q-1. The molecule has 1 N–H and O–H groups in total.